The standard InChI is InChI=1S/C15H23N3OS/c1-4-11(2)18(3)10-9-14(19)17-13-8-6-5-7-12(13)15(16)20/h5-8,11H,4,9-10H2,1-3H3,(H2,16,20)(H,17,19). The van der Waals surface area contributed by atoms with Gasteiger partial charge in [0.25, 0.3) is 0 Å². The van der Waals surface area contributed by atoms with E-state index in [9.17, 15) is 4.79 Å². The third kappa shape index (κ3) is 4.90. The lowest BCUT2D eigenvalue weighted by Gasteiger charge is -2.23. The third-order valence-electron chi connectivity index (χ3n) is 3.50. The number of rotatable bonds is 7. The van der Waals surface area contributed by atoms with Crippen molar-refractivity contribution in [3.05, 3.63) is 29.8 Å². The lowest BCUT2D eigenvalue weighted by molar-refractivity contribution is -0.116. The number of nitrogens with one attached hydrogen (secondary N) is 1. The van der Waals surface area contributed by atoms with Crippen molar-refractivity contribution < 1.29 is 4.79 Å². The van der Waals surface area contributed by atoms with Crippen LogP contribution in [-0.2, 0) is 4.79 Å². The average Bonchev–Trinajstić information content (AvgIpc) is 2.44. The fourth-order valence-electron chi connectivity index (χ4n) is 1.83. The zero-order valence-corrected chi connectivity index (χ0v) is 13.2. The summed E-state index contributed by atoms with van der Waals surface area (Å²) in [7, 11) is 2.03. The second kappa shape index (κ2) is 7.97. The maximum absolute atomic E-state index is 12.0. The van der Waals surface area contributed by atoms with E-state index >= 15 is 0 Å². The molecular formula is C15H23N3OS. The first-order valence-electron chi connectivity index (χ1n) is 6.84. The number of carbonyl (C=O) groups excluding carboxylic acids is 1. The minimum Gasteiger partial charge on any atom is -0.389 e. The van der Waals surface area contributed by atoms with E-state index in [4.69, 9.17) is 18.0 Å². The molecule has 0 spiro atoms. The molecule has 1 aromatic rings. The summed E-state index contributed by atoms with van der Waals surface area (Å²) in [4.78, 5) is 14.4. The van der Waals surface area contributed by atoms with E-state index in [0.717, 1.165) is 13.0 Å². The van der Waals surface area contributed by atoms with Crippen molar-refractivity contribution in [1.82, 2.24) is 4.90 Å². The van der Waals surface area contributed by atoms with Gasteiger partial charge in [-0.05, 0) is 32.5 Å². The molecule has 0 saturated heterocycles. The summed E-state index contributed by atoms with van der Waals surface area (Å²) in [5.74, 6) is -0.0242. The highest BCUT2D eigenvalue weighted by Gasteiger charge is 2.11. The van der Waals surface area contributed by atoms with Crippen LogP contribution in [0.15, 0.2) is 24.3 Å². The van der Waals surface area contributed by atoms with Crippen LogP contribution in [0.4, 0.5) is 5.69 Å². The number of nitrogens with zero attached hydrogens (tertiary/aromatic N) is 1. The van der Waals surface area contributed by atoms with Crippen molar-refractivity contribution in [2.75, 3.05) is 18.9 Å². The summed E-state index contributed by atoms with van der Waals surface area (Å²) in [6.07, 6.45) is 1.52. The molecule has 0 aliphatic carbocycles. The number of nitrogens with two attached hydrogens (primary N) is 1. The first kappa shape index (κ1) is 16.6. The molecule has 3 N–H and O–H groups in total. The Balaban J connectivity index is 2.57. The monoisotopic (exact) mass is 293 g/mol. The van der Waals surface area contributed by atoms with Gasteiger partial charge in [0.1, 0.15) is 4.99 Å². The lowest BCUT2D eigenvalue weighted by Crippen LogP contribution is -2.31. The molecule has 0 bridgehead atoms. The first-order chi connectivity index (χ1) is 9.45. The highest BCUT2D eigenvalue weighted by Crippen LogP contribution is 2.15. The van der Waals surface area contributed by atoms with E-state index in [0.29, 0.717) is 23.7 Å². The van der Waals surface area contributed by atoms with Crippen LogP contribution in [0.3, 0.4) is 0 Å². The van der Waals surface area contributed by atoms with Crippen LogP contribution in [0.1, 0.15) is 32.3 Å². The molecule has 1 amide bonds. The molecule has 0 saturated carbocycles. The van der Waals surface area contributed by atoms with Gasteiger partial charge in [-0.25, -0.2) is 0 Å². The molecule has 0 radical (unpaired) electrons. The highest BCUT2D eigenvalue weighted by molar-refractivity contribution is 7.80. The van der Waals surface area contributed by atoms with Gasteiger partial charge < -0.3 is 16.0 Å². The molecule has 0 aliphatic heterocycles. The zero-order valence-electron chi connectivity index (χ0n) is 12.3. The number of carbonyl (C=O) groups is 1. The topological polar surface area (TPSA) is 58.4 Å². The van der Waals surface area contributed by atoms with Crippen LogP contribution >= 0.6 is 12.2 Å². The number of hydrogen-bond acceptors (Lipinski definition) is 3. The van der Waals surface area contributed by atoms with E-state index in [2.05, 4.69) is 24.1 Å². The number of amides is 1. The second-order valence-corrected chi connectivity index (χ2v) is 5.39. The fourth-order valence-corrected chi connectivity index (χ4v) is 2.01. The number of anilines is 1. The summed E-state index contributed by atoms with van der Waals surface area (Å²) in [5.41, 5.74) is 7.02. The molecule has 0 aliphatic rings. The van der Waals surface area contributed by atoms with Crippen LogP contribution in [0.5, 0.6) is 0 Å². The second-order valence-electron chi connectivity index (χ2n) is 4.95. The maximum atomic E-state index is 12.0. The minimum atomic E-state index is -0.0242. The minimum absolute atomic E-state index is 0.0242. The van der Waals surface area contributed by atoms with Crippen LogP contribution in [0, 0.1) is 0 Å². The SMILES string of the molecule is CCC(C)N(C)CCC(=O)Nc1ccccc1C(N)=S. The van der Waals surface area contributed by atoms with E-state index in [1.807, 2.05) is 31.3 Å². The molecule has 1 rings (SSSR count). The summed E-state index contributed by atoms with van der Waals surface area (Å²) >= 11 is 4.98. The average molecular weight is 293 g/mol. The van der Waals surface area contributed by atoms with Crippen molar-refractivity contribution in [3.63, 3.8) is 0 Å². The zero-order chi connectivity index (χ0) is 15.1. The van der Waals surface area contributed by atoms with Gasteiger partial charge >= 0.3 is 0 Å². The van der Waals surface area contributed by atoms with E-state index < -0.39 is 0 Å². The summed E-state index contributed by atoms with van der Waals surface area (Å²) in [6, 6.07) is 7.80. The Morgan fingerprint density at radius 2 is 2.10 bits per heavy atom. The lowest BCUT2D eigenvalue weighted by atomic mass is 10.1. The summed E-state index contributed by atoms with van der Waals surface area (Å²) < 4.78 is 0. The van der Waals surface area contributed by atoms with Gasteiger partial charge in [-0.15, -0.1) is 0 Å². The number of para-hydroxylation sites is 1. The maximum Gasteiger partial charge on any atom is 0.225 e. The Bertz CT molecular complexity index is 476. The molecule has 0 fully saturated rings. The van der Waals surface area contributed by atoms with Crippen molar-refractivity contribution in [3.8, 4) is 0 Å². The van der Waals surface area contributed by atoms with Crippen LogP contribution in [0.25, 0.3) is 0 Å². The molecule has 1 aromatic carbocycles. The molecule has 5 heteroatoms. The summed E-state index contributed by atoms with van der Waals surface area (Å²) in [6.45, 7) is 5.02. The van der Waals surface area contributed by atoms with E-state index in [1.165, 1.54) is 0 Å². The Kier molecular flexibility index (Phi) is 6.61. The van der Waals surface area contributed by atoms with E-state index in [-0.39, 0.29) is 10.9 Å². The largest absolute Gasteiger partial charge is 0.389 e. The number of benzene rings is 1. The molecular weight excluding hydrogens is 270 g/mol. The molecule has 110 valence electrons. The highest BCUT2D eigenvalue weighted by atomic mass is 32.1. The molecule has 0 aromatic heterocycles. The van der Waals surface area contributed by atoms with Gasteiger partial charge in [-0.3, -0.25) is 4.79 Å². The Morgan fingerprint density at radius 3 is 2.70 bits per heavy atom. The quantitative estimate of drug-likeness (QED) is 0.758. The molecule has 4 nitrogen and oxygen atoms in total. The Labute approximate surface area is 126 Å². The molecule has 1 unspecified atom stereocenters. The first-order valence-corrected chi connectivity index (χ1v) is 7.25. The van der Waals surface area contributed by atoms with Gasteiger partial charge in [0.2, 0.25) is 5.91 Å². The van der Waals surface area contributed by atoms with Gasteiger partial charge in [-0.1, -0.05) is 31.3 Å². The van der Waals surface area contributed by atoms with Gasteiger partial charge in [0.05, 0.1) is 5.69 Å². The Morgan fingerprint density at radius 1 is 1.45 bits per heavy atom. The smallest absolute Gasteiger partial charge is 0.225 e. The van der Waals surface area contributed by atoms with Crippen LogP contribution in [-0.4, -0.2) is 35.4 Å². The van der Waals surface area contributed by atoms with Gasteiger partial charge in [0.15, 0.2) is 0 Å². The normalized spacial score (nSPS) is 12.2. The van der Waals surface area contributed by atoms with Crippen molar-refractivity contribution in [2.24, 2.45) is 5.73 Å². The van der Waals surface area contributed by atoms with Gasteiger partial charge in [0, 0.05) is 24.6 Å². The van der Waals surface area contributed by atoms with Crippen molar-refractivity contribution in [1.29, 1.82) is 0 Å². The van der Waals surface area contributed by atoms with Crippen molar-refractivity contribution >= 4 is 28.8 Å². The van der Waals surface area contributed by atoms with Crippen molar-refractivity contribution in [2.45, 2.75) is 32.7 Å². The fraction of sp³-hybridized carbons (Fsp3) is 0.467. The third-order valence-corrected chi connectivity index (χ3v) is 3.72. The van der Waals surface area contributed by atoms with Crippen LogP contribution < -0.4 is 11.1 Å². The molecule has 20 heavy (non-hydrogen) atoms. The molecule has 0 heterocycles. The predicted octanol–water partition coefficient (Wildman–Crippen LogP) is 2.38. The molecule has 1 atom stereocenters. The number of thiocarbonyl (C=S) groups is 1. The summed E-state index contributed by atoms with van der Waals surface area (Å²) in [5, 5.41) is 2.87. The Hall–Kier alpha value is -1.46. The van der Waals surface area contributed by atoms with Crippen LogP contribution in [0.2, 0.25) is 0 Å². The predicted molar refractivity (Wildman–Crippen MR) is 88.0 cm³/mol. The number of hydrogen-bond donors (Lipinski definition) is 2. The van der Waals surface area contributed by atoms with Gasteiger partial charge in [-0.2, -0.15) is 0 Å². The van der Waals surface area contributed by atoms with E-state index in [1.54, 1.807) is 0 Å².